The van der Waals surface area contributed by atoms with Crippen molar-refractivity contribution in [3.63, 3.8) is 0 Å². The zero-order valence-corrected chi connectivity index (χ0v) is 20.8. The van der Waals surface area contributed by atoms with Crippen LogP contribution in [0.4, 0.5) is 0 Å². The molecule has 3 atom stereocenters. The van der Waals surface area contributed by atoms with E-state index in [1.54, 1.807) is 0 Å². The fourth-order valence-electron chi connectivity index (χ4n) is 5.68. The Balaban J connectivity index is 1.32. The zero-order chi connectivity index (χ0) is 24.2. The monoisotopic (exact) mass is 490 g/mol. The van der Waals surface area contributed by atoms with Crippen molar-refractivity contribution < 1.29 is 19.1 Å². The van der Waals surface area contributed by atoms with Crippen molar-refractivity contribution in [2.75, 3.05) is 40.3 Å². The molecule has 3 aliphatic rings. The Labute approximate surface area is 206 Å². The summed E-state index contributed by atoms with van der Waals surface area (Å²) in [7, 11) is 3.49. The van der Waals surface area contributed by atoms with Crippen LogP contribution >= 0.6 is 11.6 Å². The van der Waals surface area contributed by atoms with Gasteiger partial charge in [0.15, 0.2) is 0 Å². The molecule has 3 heterocycles. The van der Waals surface area contributed by atoms with Gasteiger partial charge in [0.1, 0.15) is 6.04 Å². The number of carbonyl (C=O) groups is 3. The molecule has 0 bridgehead atoms. The Morgan fingerprint density at radius 1 is 1.18 bits per heavy atom. The molecule has 3 fully saturated rings. The van der Waals surface area contributed by atoms with Crippen molar-refractivity contribution in [1.29, 1.82) is 0 Å². The highest BCUT2D eigenvalue weighted by atomic mass is 35.5. The van der Waals surface area contributed by atoms with Crippen LogP contribution in [-0.4, -0.2) is 90.9 Å². The molecule has 4 rings (SSSR count). The van der Waals surface area contributed by atoms with Crippen LogP contribution in [0, 0.1) is 5.92 Å². The molecule has 3 unspecified atom stereocenters. The van der Waals surface area contributed by atoms with Gasteiger partial charge in [0.2, 0.25) is 11.8 Å². The summed E-state index contributed by atoms with van der Waals surface area (Å²) >= 11 is 6.15. The molecule has 0 aliphatic carbocycles. The Morgan fingerprint density at radius 3 is 2.65 bits per heavy atom. The third-order valence-corrected chi connectivity index (χ3v) is 7.93. The fraction of sp³-hybridized carbons (Fsp3) is 0.640. The maximum atomic E-state index is 13.0. The number of nitrogens with zero attached hydrogens (tertiary/aromatic N) is 3. The van der Waals surface area contributed by atoms with Gasteiger partial charge in [-0.1, -0.05) is 23.7 Å². The quantitative estimate of drug-likeness (QED) is 0.613. The summed E-state index contributed by atoms with van der Waals surface area (Å²) in [6.45, 7) is 3.27. The molecule has 0 aromatic heterocycles. The highest BCUT2D eigenvalue weighted by Crippen LogP contribution is 2.29. The van der Waals surface area contributed by atoms with Crippen molar-refractivity contribution >= 4 is 29.4 Å². The SMILES string of the molecule is COC(=O)C1CCN(C(=O)CCC2CNC(=O)C3C(CCN3Cc3cccc(Cl)c3)N2C)CC1. The van der Waals surface area contributed by atoms with E-state index in [4.69, 9.17) is 16.3 Å². The molecule has 0 radical (unpaired) electrons. The van der Waals surface area contributed by atoms with Crippen molar-refractivity contribution in [1.82, 2.24) is 20.0 Å². The number of ether oxygens (including phenoxy) is 1. The number of halogens is 1. The smallest absolute Gasteiger partial charge is 0.308 e. The van der Waals surface area contributed by atoms with Gasteiger partial charge >= 0.3 is 5.97 Å². The molecule has 186 valence electrons. The molecule has 3 saturated heterocycles. The van der Waals surface area contributed by atoms with Gasteiger partial charge in [0.05, 0.1) is 13.0 Å². The summed E-state index contributed by atoms with van der Waals surface area (Å²) in [6.07, 6.45) is 3.37. The molecule has 1 aromatic carbocycles. The van der Waals surface area contributed by atoms with Gasteiger partial charge < -0.3 is 15.0 Å². The third-order valence-electron chi connectivity index (χ3n) is 7.70. The van der Waals surface area contributed by atoms with Crippen molar-refractivity contribution in [3.8, 4) is 0 Å². The lowest BCUT2D eigenvalue weighted by molar-refractivity contribution is -0.149. The summed E-state index contributed by atoms with van der Waals surface area (Å²) in [5.41, 5.74) is 1.10. The van der Waals surface area contributed by atoms with Crippen LogP contribution < -0.4 is 5.32 Å². The lowest BCUT2D eigenvalue weighted by atomic mass is 9.96. The molecule has 1 N–H and O–H groups in total. The molecule has 2 amide bonds. The van der Waals surface area contributed by atoms with Crippen molar-refractivity contribution in [2.24, 2.45) is 5.92 Å². The van der Waals surface area contributed by atoms with Gasteiger partial charge in [-0.25, -0.2) is 0 Å². The number of likely N-dealkylation sites (N-methyl/N-ethyl adjacent to an activating group) is 1. The first-order valence-electron chi connectivity index (χ1n) is 12.2. The van der Waals surface area contributed by atoms with Crippen LogP contribution in [0.2, 0.25) is 5.02 Å². The summed E-state index contributed by atoms with van der Waals surface area (Å²) in [5.74, 6) is -0.0993. The van der Waals surface area contributed by atoms with Gasteiger partial charge in [-0.15, -0.1) is 0 Å². The zero-order valence-electron chi connectivity index (χ0n) is 20.0. The van der Waals surface area contributed by atoms with E-state index in [0.29, 0.717) is 56.9 Å². The van der Waals surface area contributed by atoms with E-state index >= 15 is 0 Å². The minimum Gasteiger partial charge on any atom is -0.469 e. The molecule has 34 heavy (non-hydrogen) atoms. The number of hydrogen-bond acceptors (Lipinski definition) is 6. The summed E-state index contributed by atoms with van der Waals surface area (Å²) in [4.78, 5) is 44.0. The van der Waals surface area contributed by atoms with E-state index in [-0.39, 0.29) is 41.8 Å². The van der Waals surface area contributed by atoms with Crippen molar-refractivity contribution in [3.05, 3.63) is 34.9 Å². The van der Waals surface area contributed by atoms with E-state index < -0.39 is 0 Å². The Morgan fingerprint density at radius 2 is 1.94 bits per heavy atom. The van der Waals surface area contributed by atoms with Gasteiger partial charge in [-0.2, -0.15) is 0 Å². The average molecular weight is 491 g/mol. The summed E-state index contributed by atoms with van der Waals surface area (Å²) in [6, 6.07) is 7.82. The van der Waals surface area contributed by atoms with Crippen LogP contribution in [0.5, 0.6) is 0 Å². The molecule has 0 saturated carbocycles. The van der Waals surface area contributed by atoms with E-state index in [2.05, 4.69) is 22.2 Å². The number of hydrogen-bond donors (Lipinski definition) is 1. The highest BCUT2D eigenvalue weighted by Gasteiger charge is 2.45. The van der Waals surface area contributed by atoms with E-state index in [9.17, 15) is 14.4 Å². The predicted molar refractivity (Wildman–Crippen MR) is 129 cm³/mol. The maximum absolute atomic E-state index is 13.0. The Kier molecular flexibility index (Phi) is 8.11. The number of methoxy groups -OCH3 is 1. The first kappa shape index (κ1) is 24.9. The standard InChI is InChI=1S/C25H35ClN4O4/c1-28-20(6-7-22(31)29-11-8-18(9-12-29)25(33)34-2)15-27-24(32)23-21(28)10-13-30(23)16-17-4-3-5-19(26)14-17/h3-5,14,18,20-21,23H,6-13,15-16H2,1-2H3,(H,27,32). The molecule has 0 spiro atoms. The Hall–Kier alpha value is -2.16. The number of carbonyl (C=O) groups excluding carboxylic acids is 3. The van der Waals surface area contributed by atoms with Crippen LogP contribution in [0.15, 0.2) is 24.3 Å². The topological polar surface area (TPSA) is 82.2 Å². The number of amides is 2. The number of rotatable bonds is 6. The lowest BCUT2D eigenvalue weighted by Crippen LogP contribution is -2.49. The molecule has 3 aliphatic heterocycles. The number of esters is 1. The molecule has 9 heteroatoms. The fourth-order valence-corrected chi connectivity index (χ4v) is 5.89. The van der Waals surface area contributed by atoms with Gasteiger partial charge in [0, 0.05) is 56.3 Å². The third kappa shape index (κ3) is 5.56. The minimum absolute atomic E-state index is 0.0649. The average Bonchev–Trinajstić information content (AvgIpc) is 3.21. The number of nitrogens with one attached hydrogen (secondary N) is 1. The highest BCUT2D eigenvalue weighted by molar-refractivity contribution is 6.30. The molecule has 1 aromatic rings. The van der Waals surface area contributed by atoms with Gasteiger partial charge in [-0.3, -0.25) is 24.2 Å². The summed E-state index contributed by atoms with van der Waals surface area (Å²) < 4.78 is 4.83. The molecule has 8 nitrogen and oxygen atoms in total. The van der Waals surface area contributed by atoms with Gasteiger partial charge in [-0.05, 0) is 50.4 Å². The predicted octanol–water partition coefficient (Wildman–Crippen LogP) is 1.90. The lowest BCUT2D eigenvalue weighted by Gasteiger charge is -2.34. The number of likely N-dealkylation sites (tertiary alicyclic amines) is 2. The number of piperidine rings is 1. The minimum atomic E-state index is -0.206. The number of fused-ring (bicyclic) bond motifs is 1. The van der Waals surface area contributed by atoms with Crippen LogP contribution in [0.25, 0.3) is 0 Å². The molecular formula is C25H35ClN4O4. The first-order valence-corrected chi connectivity index (χ1v) is 12.6. The summed E-state index contributed by atoms with van der Waals surface area (Å²) in [5, 5.41) is 3.83. The maximum Gasteiger partial charge on any atom is 0.308 e. The second-order valence-corrected chi connectivity index (χ2v) is 10.1. The largest absolute Gasteiger partial charge is 0.469 e. The van der Waals surface area contributed by atoms with Crippen LogP contribution in [-0.2, 0) is 25.7 Å². The molecular weight excluding hydrogens is 456 g/mol. The van der Waals surface area contributed by atoms with E-state index in [1.807, 2.05) is 29.2 Å². The normalized spacial score (nSPS) is 26.6. The number of benzene rings is 1. The van der Waals surface area contributed by atoms with Crippen LogP contribution in [0.3, 0.4) is 0 Å². The second-order valence-electron chi connectivity index (χ2n) is 9.68. The van der Waals surface area contributed by atoms with E-state index in [0.717, 1.165) is 18.5 Å². The Bertz CT molecular complexity index is 905. The van der Waals surface area contributed by atoms with Crippen LogP contribution in [0.1, 0.15) is 37.7 Å². The first-order chi connectivity index (χ1) is 16.4. The van der Waals surface area contributed by atoms with Crippen molar-refractivity contribution in [2.45, 2.75) is 56.8 Å². The second kappa shape index (κ2) is 11.1. The van der Waals surface area contributed by atoms with E-state index in [1.165, 1.54) is 7.11 Å². The van der Waals surface area contributed by atoms with Gasteiger partial charge in [0.25, 0.3) is 0 Å².